The first-order valence-electron chi connectivity index (χ1n) is 8.09. The first-order chi connectivity index (χ1) is 12.0. The Bertz CT molecular complexity index is 816. The van der Waals surface area contributed by atoms with Crippen LogP contribution in [0.3, 0.4) is 0 Å². The first-order valence-corrected chi connectivity index (χ1v) is 8.09. The zero-order valence-corrected chi connectivity index (χ0v) is 13.7. The van der Waals surface area contributed by atoms with Crippen molar-refractivity contribution in [2.45, 2.75) is 31.9 Å². The van der Waals surface area contributed by atoms with Crippen molar-refractivity contribution in [1.82, 2.24) is 0 Å². The number of carbonyl (C=O) groups excluding carboxylic acids is 1. The van der Waals surface area contributed by atoms with Crippen molar-refractivity contribution >= 4 is 23.0 Å². The largest absolute Gasteiger partial charge is 0.389 e. The average Bonchev–Trinajstić information content (AvgIpc) is 3.39. The molecule has 1 unspecified atom stereocenters. The maximum absolute atomic E-state index is 12.5. The molecule has 0 aliphatic heterocycles. The van der Waals surface area contributed by atoms with E-state index in [1.807, 2.05) is 0 Å². The number of aliphatic hydroxyl groups is 1. The van der Waals surface area contributed by atoms with Gasteiger partial charge in [0.1, 0.15) is 5.69 Å². The molecule has 2 aromatic rings. The lowest BCUT2D eigenvalue weighted by Crippen LogP contribution is -2.14. The van der Waals surface area contributed by atoms with Crippen LogP contribution in [0, 0.1) is 10.1 Å². The Balaban J connectivity index is 1.85. The van der Waals surface area contributed by atoms with Crippen molar-refractivity contribution in [3.8, 4) is 0 Å². The van der Waals surface area contributed by atoms with Crippen molar-refractivity contribution in [2.24, 2.45) is 0 Å². The van der Waals surface area contributed by atoms with Gasteiger partial charge in [-0.2, -0.15) is 0 Å². The van der Waals surface area contributed by atoms with Gasteiger partial charge in [0.15, 0.2) is 0 Å². The minimum atomic E-state index is -0.740. The lowest BCUT2D eigenvalue weighted by Gasteiger charge is -2.13. The molecule has 1 aliphatic rings. The van der Waals surface area contributed by atoms with Gasteiger partial charge in [-0.15, -0.1) is 0 Å². The lowest BCUT2D eigenvalue weighted by atomic mass is 10.1. The zero-order valence-electron chi connectivity index (χ0n) is 13.7. The quantitative estimate of drug-likeness (QED) is 0.551. The monoisotopic (exact) mass is 341 g/mol. The summed E-state index contributed by atoms with van der Waals surface area (Å²) in [6, 6.07) is 11.6. The molecule has 1 atom stereocenters. The third-order valence-corrected chi connectivity index (χ3v) is 4.05. The highest BCUT2D eigenvalue weighted by molar-refractivity contribution is 6.05. The molecule has 0 bridgehead atoms. The predicted octanol–water partition coefficient (Wildman–Crippen LogP) is 3.47. The van der Waals surface area contributed by atoms with Crippen LogP contribution in [0.25, 0.3) is 0 Å². The van der Waals surface area contributed by atoms with Crippen LogP contribution in [0.1, 0.15) is 41.8 Å². The number of hydrogen-bond acceptors (Lipinski definition) is 5. The highest BCUT2D eigenvalue weighted by atomic mass is 16.6. The molecule has 1 amide bonds. The van der Waals surface area contributed by atoms with Crippen molar-refractivity contribution in [1.29, 1.82) is 0 Å². The number of anilines is 2. The van der Waals surface area contributed by atoms with Gasteiger partial charge >= 0.3 is 0 Å². The SMILES string of the molecule is CC(O)c1ccccc1NC(=O)c1ccc(NC2CC2)c([N+](=O)[O-])c1. The van der Waals surface area contributed by atoms with Crippen LogP contribution in [-0.2, 0) is 0 Å². The number of nitrogens with one attached hydrogen (secondary N) is 2. The van der Waals surface area contributed by atoms with Gasteiger partial charge in [0, 0.05) is 28.9 Å². The van der Waals surface area contributed by atoms with Crippen LogP contribution in [0.4, 0.5) is 17.1 Å². The van der Waals surface area contributed by atoms with Gasteiger partial charge in [-0.05, 0) is 38.0 Å². The number of aliphatic hydroxyl groups excluding tert-OH is 1. The third-order valence-electron chi connectivity index (χ3n) is 4.05. The van der Waals surface area contributed by atoms with Gasteiger partial charge in [0.2, 0.25) is 0 Å². The first kappa shape index (κ1) is 16.9. The average molecular weight is 341 g/mol. The van der Waals surface area contributed by atoms with Crippen LogP contribution in [-0.4, -0.2) is 22.0 Å². The van der Waals surface area contributed by atoms with E-state index in [2.05, 4.69) is 10.6 Å². The number of para-hydroxylation sites is 1. The summed E-state index contributed by atoms with van der Waals surface area (Å²) in [6.45, 7) is 1.61. The summed E-state index contributed by atoms with van der Waals surface area (Å²) in [5.41, 5.74) is 1.55. The molecule has 1 fully saturated rings. The second-order valence-electron chi connectivity index (χ2n) is 6.12. The molecule has 7 heteroatoms. The van der Waals surface area contributed by atoms with Crippen LogP contribution < -0.4 is 10.6 Å². The topological polar surface area (TPSA) is 104 Å². The maximum Gasteiger partial charge on any atom is 0.293 e. The summed E-state index contributed by atoms with van der Waals surface area (Å²) < 4.78 is 0. The zero-order chi connectivity index (χ0) is 18.0. The smallest absolute Gasteiger partial charge is 0.293 e. The van der Waals surface area contributed by atoms with Crippen LogP contribution in [0.15, 0.2) is 42.5 Å². The maximum atomic E-state index is 12.5. The fraction of sp³-hybridized carbons (Fsp3) is 0.278. The number of carbonyl (C=O) groups is 1. The summed E-state index contributed by atoms with van der Waals surface area (Å²) in [4.78, 5) is 23.3. The minimum absolute atomic E-state index is 0.122. The Kier molecular flexibility index (Phi) is 4.67. The van der Waals surface area contributed by atoms with Crippen molar-refractivity contribution in [3.63, 3.8) is 0 Å². The van der Waals surface area contributed by atoms with E-state index in [1.165, 1.54) is 6.07 Å². The van der Waals surface area contributed by atoms with Crippen molar-refractivity contribution in [2.75, 3.05) is 10.6 Å². The van der Waals surface area contributed by atoms with E-state index in [4.69, 9.17) is 0 Å². The van der Waals surface area contributed by atoms with Crippen molar-refractivity contribution in [3.05, 3.63) is 63.7 Å². The van der Waals surface area contributed by atoms with Gasteiger partial charge in [0.05, 0.1) is 11.0 Å². The lowest BCUT2D eigenvalue weighted by molar-refractivity contribution is -0.384. The Morgan fingerprint density at radius 3 is 2.60 bits per heavy atom. The van der Waals surface area contributed by atoms with Crippen molar-refractivity contribution < 1.29 is 14.8 Å². The molecule has 0 radical (unpaired) electrons. The van der Waals surface area contributed by atoms with E-state index in [-0.39, 0.29) is 17.3 Å². The molecule has 1 saturated carbocycles. The molecule has 25 heavy (non-hydrogen) atoms. The van der Waals surface area contributed by atoms with Gasteiger partial charge < -0.3 is 15.7 Å². The second kappa shape index (κ2) is 6.90. The summed E-state index contributed by atoms with van der Waals surface area (Å²) in [7, 11) is 0. The number of nitro groups is 1. The van der Waals surface area contributed by atoms with Crippen LogP contribution in [0.5, 0.6) is 0 Å². The molecule has 130 valence electrons. The van der Waals surface area contributed by atoms with Gasteiger partial charge in [-0.1, -0.05) is 18.2 Å². The highest BCUT2D eigenvalue weighted by Crippen LogP contribution is 2.32. The number of hydrogen-bond donors (Lipinski definition) is 3. The predicted molar refractivity (Wildman–Crippen MR) is 94.8 cm³/mol. The molecule has 1 aliphatic carbocycles. The third kappa shape index (κ3) is 3.95. The molecule has 7 nitrogen and oxygen atoms in total. The molecule has 0 saturated heterocycles. The van der Waals surface area contributed by atoms with Gasteiger partial charge in [-0.3, -0.25) is 14.9 Å². The molecule has 0 aromatic heterocycles. The van der Waals surface area contributed by atoms with E-state index < -0.39 is 16.9 Å². The number of rotatable bonds is 6. The molecular formula is C18H19N3O4. The van der Waals surface area contributed by atoms with E-state index in [0.717, 1.165) is 12.8 Å². The van der Waals surface area contributed by atoms with E-state index in [1.54, 1.807) is 43.3 Å². The molecule has 3 rings (SSSR count). The summed E-state index contributed by atoms with van der Waals surface area (Å²) in [5, 5.41) is 26.9. The molecule has 0 spiro atoms. The Morgan fingerprint density at radius 1 is 1.24 bits per heavy atom. The summed E-state index contributed by atoms with van der Waals surface area (Å²) in [5.74, 6) is -0.464. The minimum Gasteiger partial charge on any atom is -0.389 e. The molecule has 2 aromatic carbocycles. The Morgan fingerprint density at radius 2 is 1.96 bits per heavy atom. The second-order valence-corrected chi connectivity index (χ2v) is 6.12. The summed E-state index contributed by atoms with van der Waals surface area (Å²) in [6.07, 6.45) is 1.25. The molecule has 3 N–H and O–H groups in total. The van der Waals surface area contributed by atoms with E-state index >= 15 is 0 Å². The van der Waals surface area contributed by atoms with Gasteiger partial charge in [-0.25, -0.2) is 0 Å². The van der Waals surface area contributed by atoms with Crippen LogP contribution >= 0.6 is 0 Å². The standard InChI is InChI=1S/C18H19N3O4/c1-11(22)14-4-2-3-5-15(14)20-18(23)12-6-9-16(19-13-7-8-13)17(10-12)21(24)25/h2-6,9-11,13,19,22H,7-8H2,1H3,(H,20,23). The molecule has 0 heterocycles. The van der Waals surface area contributed by atoms with E-state index in [0.29, 0.717) is 16.9 Å². The fourth-order valence-electron chi connectivity index (χ4n) is 2.56. The number of benzene rings is 2. The number of nitro benzene ring substituents is 1. The normalized spacial score (nSPS) is 14.6. The van der Waals surface area contributed by atoms with Gasteiger partial charge in [0.25, 0.3) is 11.6 Å². The highest BCUT2D eigenvalue weighted by Gasteiger charge is 2.25. The van der Waals surface area contributed by atoms with E-state index in [9.17, 15) is 20.0 Å². The van der Waals surface area contributed by atoms with Crippen LogP contribution in [0.2, 0.25) is 0 Å². The summed E-state index contributed by atoms with van der Waals surface area (Å²) >= 11 is 0. The fourth-order valence-corrected chi connectivity index (χ4v) is 2.56. The number of nitrogens with zero attached hydrogens (tertiary/aromatic N) is 1. The number of amides is 1. The Hall–Kier alpha value is -2.93. The molecular weight excluding hydrogens is 322 g/mol. The Labute approximate surface area is 144 Å².